The Morgan fingerprint density at radius 3 is 2.59 bits per heavy atom. The van der Waals surface area contributed by atoms with Crippen molar-refractivity contribution in [2.45, 2.75) is 45.6 Å². The molecule has 0 amide bonds. The Morgan fingerprint density at radius 2 is 2.00 bits per heavy atom. The van der Waals surface area contributed by atoms with Crippen LogP contribution in [0.15, 0.2) is 30.3 Å². The maximum absolute atomic E-state index is 9.41. The van der Waals surface area contributed by atoms with Gasteiger partial charge in [0.1, 0.15) is 0 Å². The number of nitrogens with zero attached hydrogens (tertiary/aromatic N) is 3. The molecule has 0 aliphatic rings. The molecule has 116 valence electrons. The number of aromatic nitrogens is 2. The zero-order valence-electron chi connectivity index (χ0n) is 14.0. The molecule has 4 heteroatoms. The second-order valence-electron chi connectivity index (χ2n) is 6.59. The first-order valence-corrected chi connectivity index (χ1v) is 7.61. The molecule has 1 N–H and O–H groups in total. The first kappa shape index (κ1) is 16.1. The summed E-state index contributed by atoms with van der Waals surface area (Å²) in [6, 6.07) is 12.6. The molecular formula is C18H24N4. The van der Waals surface area contributed by atoms with Gasteiger partial charge in [0.05, 0.1) is 11.5 Å². The Balaban J connectivity index is 2.25. The largest absolute Gasteiger partial charge is 0.354 e. The maximum Gasteiger partial charge on any atom is 0.150 e. The van der Waals surface area contributed by atoms with Crippen molar-refractivity contribution in [1.29, 1.82) is 5.26 Å². The van der Waals surface area contributed by atoms with Crippen LogP contribution < -0.4 is 4.90 Å². The summed E-state index contributed by atoms with van der Waals surface area (Å²) in [5.74, 6) is 1.35. The topological polar surface area (TPSA) is 55.7 Å². The van der Waals surface area contributed by atoms with Gasteiger partial charge in [0, 0.05) is 25.4 Å². The van der Waals surface area contributed by atoms with Gasteiger partial charge in [-0.2, -0.15) is 10.4 Å². The monoisotopic (exact) mass is 296 g/mol. The van der Waals surface area contributed by atoms with Crippen LogP contribution in [0.2, 0.25) is 0 Å². The number of anilines is 1. The molecule has 0 bridgehead atoms. The van der Waals surface area contributed by atoms with E-state index in [0.717, 1.165) is 29.2 Å². The molecule has 0 radical (unpaired) electrons. The second-order valence-corrected chi connectivity index (χ2v) is 6.59. The van der Waals surface area contributed by atoms with E-state index in [2.05, 4.69) is 47.1 Å². The zero-order valence-corrected chi connectivity index (χ0v) is 14.0. The lowest BCUT2D eigenvalue weighted by atomic mass is 9.83. The van der Waals surface area contributed by atoms with Gasteiger partial charge in [0.2, 0.25) is 0 Å². The number of nitrogens with one attached hydrogen (secondary N) is 1. The van der Waals surface area contributed by atoms with Crippen molar-refractivity contribution >= 4 is 5.82 Å². The van der Waals surface area contributed by atoms with Gasteiger partial charge in [-0.3, -0.25) is 5.10 Å². The van der Waals surface area contributed by atoms with Crippen LogP contribution in [0.1, 0.15) is 50.4 Å². The lowest BCUT2D eigenvalue weighted by Gasteiger charge is -2.23. The summed E-state index contributed by atoms with van der Waals surface area (Å²) in [7, 11) is 2.02. The van der Waals surface area contributed by atoms with Crippen LogP contribution in [-0.2, 0) is 12.0 Å². The number of benzene rings is 1. The molecule has 0 aliphatic carbocycles. The van der Waals surface area contributed by atoms with E-state index in [4.69, 9.17) is 0 Å². The summed E-state index contributed by atoms with van der Waals surface area (Å²) in [6.07, 6.45) is 0. The van der Waals surface area contributed by atoms with E-state index < -0.39 is 5.41 Å². The lowest BCUT2D eigenvalue weighted by molar-refractivity contribution is 0.672. The Bertz CT molecular complexity index is 676. The molecule has 22 heavy (non-hydrogen) atoms. The fourth-order valence-electron chi connectivity index (χ4n) is 2.48. The van der Waals surface area contributed by atoms with Crippen molar-refractivity contribution in [3.63, 3.8) is 0 Å². The smallest absolute Gasteiger partial charge is 0.150 e. The highest BCUT2D eigenvalue weighted by Crippen LogP contribution is 2.27. The van der Waals surface area contributed by atoms with E-state index in [9.17, 15) is 5.26 Å². The minimum atomic E-state index is -0.494. The first-order valence-electron chi connectivity index (χ1n) is 7.61. The van der Waals surface area contributed by atoms with Crippen LogP contribution in [0.25, 0.3) is 0 Å². The molecule has 1 aromatic carbocycles. The third-order valence-corrected chi connectivity index (χ3v) is 3.97. The van der Waals surface area contributed by atoms with Gasteiger partial charge in [-0.15, -0.1) is 0 Å². The Hall–Kier alpha value is -2.28. The molecule has 0 unspecified atom stereocenters. The second kappa shape index (κ2) is 6.23. The van der Waals surface area contributed by atoms with Gasteiger partial charge in [-0.05, 0) is 30.9 Å². The average molecular weight is 296 g/mol. The minimum absolute atomic E-state index is 0.430. The third-order valence-electron chi connectivity index (χ3n) is 3.97. The number of rotatable bonds is 5. The minimum Gasteiger partial charge on any atom is -0.354 e. The molecule has 1 aromatic heterocycles. The Morgan fingerprint density at radius 1 is 1.32 bits per heavy atom. The molecule has 2 rings (SSSR count). The number of hydrogen-bond donors (Lipinski definition) is 1. The average Bonchev–Trinajstić information content (AvgIpc) is 2.98. The molecule has 0 spiro atoms. The van der Waals surface area contributed by atoms with E-state index in [1.54, 1.807) is 0 Å². The molecule has 4 nitrogen and oxygen atoms in total. The van der Waals surface area contributed by atoms with Crippen molar-refractivity contribution in [3.8, 4) is 6.07 Å². The molecule has 0 atom stereocenters. The van der Waals surface area contributed by atoms with Crippen LogP contribution in [-0.4, -0.2) is 17.2 Å². The van der Waals surface area contributed by atoms with Gasteiger partial charge in [-0.1, -0.05) is 38.1 Å². The van der Waals surface area contributed by atoms with E-state index in [1.165, 1.54) is 0 Å². The van der Waals surface area contributed by atoms with Gasteiger partial charge in [0.15, 0.2) is 5.82 Å². The van der Waals surface area contributed by atoms with E-state index in [-0.39, 0.29) is 0 Å². The third kappa shape index (κ3) is 3.30. The number of hydrogen-bond acceptors (Lipinski definition) is 3. The van der Waals surface area contributed by atoms with E-state index in [1.807, 2.05) is 39.1 Å². The highest BCUT2D eigenvalue weighted by Gasteiger charge is 2.23. The van der Waals surface area contributed by atoms with Crippen LogP contribution in [0.3, 0.4) is 0 Å². The summed E-state index contributed by atoms with van der Waals surface area (Å²) in [5, 5.41) is 16.9. The highest BCUT2D eigenvalue weighted by atomic mass is 15.3. The Kier molecular flexibility index (Phi) is 4.56. The fraction of sp³-hybridized carbons (Fsp3) is 0.444. The van der Waals surface area contributed by atoms with Crippen molar-refractivity contribution in [3.05, 3.63) is 47.2 Å². The van der Waals surface area contributed by atoms with Crippen LogP contribution in [0, 0.1) is 11.3 Å². The number of nitriles is 1. The summed E-state index contributed by atoms with van der Waals surface area (Å²) < 4.78 is 0. The van der Waals surface area contributed by atoms with Gasteiger partial charge in [0.25, 0.3) is 0 Å². The van der Waals surface area contributed by atoms with Crippen LogP contribution in [0.5, 0.6) is 0 Å². The van der Waals surface area contributed by atoms with Crippen molar-refractivity contribution in [2.75, 3.05) is 11.9 Å². The first-order chi connectivity index (χ1) is 10.3. The molecule has 0 fully saturated rings. The highest BCUT2D eigenvalue weighted by molar-refractivity contribution is 5.44. The number of H-pyrrole nitrogens is 1. The molecule has 0 saturated heterocycles. The van der Waals surface area contributed by atoms with Crippen LogP contribution in [0.4, 0.5) is 5.82 Å². The number of aromatic amines is 1. The molecule has 0 saturated carbocycles. The summed E-state index contributed by atoms with van der Waals surface area (Å²) >= 11 is 0. The van der Waals surface area contributed by atoms with Crippen molar-refractivity contribution in [1.82, 2.24) is 10.2 Å². The predicted molar refractivity (Wildman–Crippen MR) is 89.9 cm³/mol. The fourth-order valence-corrected chi connectivity index (χ4v) is 2.48. The lowest BCUT2D eigenvalue weighted by Crippen LogP contribution is -2.22. The van der Waals surface area contributed by atoms with Crippen molar-refractivity contribution in [2.24, 2.45) is 0 Å². The summed E-state index contributed by atoms with van der Waals surface area (Å²) in [5.41, 5.74) is 2.87. The predicted octanol–water partition coefficient (Wildman–Crippen LogP) is 3.97. The normalized spacial score (nSPS) is 11.5. The standard InChI is InChI=1S/C18H24N4/c1-13(2)16-10-17(21-20-16)22(5)11-14-8-6-7-9-15(14)18(3,4)12-19/h6-10,13H,11H2,1-5H3,(H,20,21). The zero-order chi connectivity index (χ0) is 16.3. The Labute approximate surface area is 132 Å². The quantitative estimate of drug-likeness (QED) is 0.908. The van der Waals surface area contributed by atoms with Gasteiger partial charge >= 0.3 is 0 Å². The summed E-state index contributed by atoms with van der Waals surface area (Å²) in [4.78, 5) is 2.11. The van der Waals surface area contributed by atoms with Crippen molar-refractivity contribution < 1.29 is 0 Å². The van der Waals surface area contributed by atoms with Crippen LogP contribution >= 0.6 is 0 Å². The molecule has 0 aliphatic heterocycles. The molecule has 1 heterocycles. The van der Waals surface area contributed by atoms with E-state index in [0.29, 0.717) is 5.92 Å². The molecular weight excluding hydrogens is 272 g/mol. The SMILES string of the molecule is CC(C)c1cc(N(C)Cc2ccccc2C(C)(C)C#N)n[nH]1. The van der Waals surface area contributed by atoms with E-state index >= 15 is 0 Å². The molecule has 2 aromatic rings. The summed E-state index contributed by atoms with van der Waals surface area (Å²) in [6.45, 7) is 8.92. The maximum atomic E-state index is 9.41. The van der Waals surface area contributed by atoms with Gasteiger partial charge in [-0.25, -0.2) is 0 Å². The van der Waals surface area contributed by atoms with Gasteiger partial charge < -0.3 is 4.90 Å².